The van der Waals surface area contributed by atoms with Crippen molar-refractivity contribution in [1.29, 1.82) is 0 Å². The zero-order chi connectivity index (χ0) is 55.7. The Labute approximate surface area is 477 Å². The van der Waals surface area contributed by atoms with E-state index in [-0.39, 0.29) is 31.1 Å². The van der Waals surface area contributed by atoms with Crippen LogP contribution in [0.1, 0.15) is 329 Å². The van der Waals surface area contributed by atoms with E-state index < -0.39 is 6.10 Å². The third kappa shape index (κ3) is 63.3. The maximum absolute atomic E-state index is 12.8. The van der Waals surface area contributed by atoms with Crippen molar-refractivity contribution in [3.05, 3.63) is 85.1 Å². The van der Waals surface area contributed by atoms with Crippen LogP contribution in [0, 0.1) is 0 Å². The molecule has 0 aliphatic rings. The maximum atomic E-state index is 12.8. The van der Waals surface area contributed by atoms with Gasteiger partial charge in [0.2, 0.25) is 0 Å². The molecular weight excluding hydrogens is 949 g/mol. The molecule has 77 heavy (non-hydrogen) atoms. The largest absolute Gasteiger partial charge is 0.462 e. The number of carbonyl (C=O) groups is 3. The van der Waals surface area contributed by atoms with Crippen molar-refractivity contribution in [3.63, 3.8) is 0 Å². The molecular formula is C71H124O6. The first-order valence-electron chi connectivity index (χ1n) is 33.1. The Kier molecular flexibility index (Phi) is 62.2. The average molecular weight is 1070 g/mol. The van der Waals surface area contributed by atoms with Gasteiger partial charge in [-0.05, 0) is 103 Å². The van der Waals surface area contributed by atoms with Gasteiger partial charge in [0.15, 0.2) is 6.10 Å². The first-order valence-corrected chi connectivity index (χ1v) is 33.1. The number of hydrogen-bond acceptors (Lipinski definition) is 6. The minimum atomic E-state index is -0.784. The molecule has 0 heterocycles. The van der Waals surface area contributed by atoms with E-state index in [0.717, 1.165) is 122 Å². The highest BCUT2D eigenvalue weighted by atomic mass is 16.6. The number of rotatable bonds is 60. The van der Waals surface area contributed by atoms with E-state index in [2.05, 4.69) is 106 Å². The van der Waals surface area contributed by atoms with Crippen molar-refractivity contribution in [1.82, 2.24) is 0 Å². The fourth-order valence-electron chi connectivity index (χ4n) is 9.40. The van der Waals surface area contributed by atoms with Gasteiger partial charge in [-0.15, -0.1) is 0 Å². The molecule has 0 rings (SSSR count). The van der Waals surface area contributed by atoms with E-state index in [4.69, 9.17) is 14.2 Å². The summed E-state index contributed by atoms with van der Waals surface area (Å²) in [6.45, 7) is 6.43. The van der Waals surface area contributed by atoms with Crippen LogP contribution in [0.15, 0.2) is 85.1 Å². The van der Waals surface area contributed by atoms with E-state index in [0.29, 0.717) is 19.3 Å². The van der Waals surface area contributed by atoms with Crippen LogP contribution in [-0.2, 0) is 28.6 Å². The summed E-state index contributed by atoms with van der Waals surface area (Å²) in [5.41, 5.74) is 0. The molecule has 0 fully saturated rings. The Morgan fingerprint density at radius 1 is 0.273 bits per heavy atom. The summed E-state index contributed by atoms with van der Waals surface area (Å²) in [5, 5.41) is 0. The first kappa shape index (κ1) is 73.6. The molecule has 1 unspecified atom stereocenters. The fraction of sp³-hybridized carbons (Fsp3) is 0.761. The number of allylic oxidation sites excluding steroid dienone is 14. The minimum absolute atomic E-state index is 0.0808. The Bertz CT molecular complexity index is 1470. The molecule has 0 aromatic rings. The fourth-order valence-corrected chi connectivity index (χ4v) is 9.40. The standard InChI is InChI=1S/C71H124O6/c1-4-7-10-13-16-19-22-24-25-26-27-28-29-30-31-32-33-34-35-36-37-38-39-40-41-42-43-44-45-47-49-52-55-58-61-64-70(73)76-67-68(66-75-69(72)63-60-57-54-51-48-21-18-15-12-9-6-3)77-71(74)65-62-59-56-53-50-46-23-20-17-14-11-8-5-2/h7,10-11,14-16,18-20,23-25,27-28,68H,4-6,8-9,12-13,17,21-22,26,29-67H2,1-3H3/b10-7-,14-11-,18-15-,19-16-,23-20-,25-24-,28-27-. The third-order valence-corrected chi connectivity index (χ3v) is 14.3. The SMILES string of the molecule is CC/C=C\C/C=C\C/C=C\C/C=C\CCCCCCCCCCCCCCCCCCCCCCCCC(=O)OCC(COC(=O)CCCCCCC/C=C\CCCC)OC(=O)CCCCCCC/C=C\C/C=C\CCC. The Balaban J connectivity index is 4.02. The monoisotopic (exact) mass is 1070 g/mol. The van der Waals surface area contributed by atoms with Gasteiger partial charge in [0.1, 0.15) is 13.2 Å². The normalized spacial score (nSPS) is 12.6. The van der Waals surface area contributed by atoms with Crippen LogP contribution in [0.3, 0.4) is 0 Å². The van der Waals surface area contributed by atoms with Crippen molar-refractivity contribution in [2.75, 3.05) is 13.2 Å². The van der Waals surface area contributed by atoms with Crippen molar-refractivity contribution < 1.29 is 28.6 Å². The van der Waals surface area contributed by atoms with Crippen molar-refractivity contribution >= 4 is 17.9 Å². The molecule has 6 nitrogen and oxygen atoms in total. The van der Waals surface area contributed by atoms with E-state index in [9.17, 15) is 14.4 Å². The lowest BCUT2D eigenvalue weighted by Crippen LogP contribution is -2.30. The van der Waals surface area contributed by atoms with Crippen LogP contribution < -0.4 is 0 Å². The zero-order valence-corrected chi connectivity index (χ0v) is 51.0. The van der Waals surface area contributed by atoms with Gasteiger partial charge in [0, 0.05) is 19.3 Å². The predicted octanol–water partition coefficient (Wildman–Crippen LogP) is 22.7. The molecule has 0 saturated heterocycles. The second-order valence-electron chi connectivity index (χ2n) is 22.0. The third-order valence-electron chi connectivity index (χ3n) is 14.3. The summed E-state index contributed by atoms with van der Waals surface area (Å²) < 4.78 is 16.9. The number of esters is 3. The zero-order valence-electron chi connectivity index (χ0n) is 51.0. The lowest BCUT2D eigenvalue weighted by atomic mass is 10.0. The molecule has 0 aromatic heterocycles. The Hall–Kier alpha value is -3.41. The van der Waals surface area contributed by atoms with E-state index in [1.807, 2.05) is 0 Å². The summed E-state index contributed by atoms with van der Waals surface area (Å²) in [6, 6.07) is 0. The lowest BCUT2D eigenvalue weighted by molar-refractivity contribution is -0.167. The van der Waals surface area contributed by atoms with Crippen LogP contribution in [0.4, 0.5) is 0 Å². The number of carbonyl (C=O) groups excluding carboxylic acids is 3. The molecule has 0 bridgehead atoms. The minimum Gasteiger partial charge on any atom is -0.462 e. The van der Waals surface area contributed by atoms with Crippen LogP contribution in [0.2, 0.25) is 0 Å². The molecule has 0 N–H and O–H groups in total. The topological polar surface area (TPSA) is 78.9 Å². The molecule has 0 radical (unpaired) electrons. The highest BCUT2D eigenvalue weighted by Crippen LogP contribution is 2.17. The summed E-state index contributed by atoms with van der Waals surface area (Å²) in [6.07, 6.45) is 86.3. The number of hydrogen-bond donors (Lipinski definition) is 0. The van der Waals surface area contributed by atoms with Crippen LogP contribution in [-0.4, -0.2) is 37.2 Å². The highest BCUT2D eigenvalue weighted by molar-refractivity contribution is 5.71. The maximum Gasteiger partial charge on any atom is 0.306 e. The Morgan fingerprint density at radius 2 is 0.532 bits per heavy atom. The molecule has 444 valence electrons. The molecule has 6 heteroatoms. The van der Waals surface area contributed by atoms with Gasteiger partial charge in [0.25, 0.3) is 0 Å². The summed E-state index contributed by atoms with van der Waals surface area (Å²) in [5.74, 6) is -0.893. The van der Waals surface area contributed by atoms with Gasteiger partial charge in [0.05, 0.1) is 0 Å². The molecule has 0 aliphatic heterocycles. The second kappa shape index (κ2) is 65.1. The molecule has 0 spiro atoms. The van der Waals surface area contributed by atoms with Gasteiger partial charge in [-0.3, -0.25) is 14.4 Å². The van der Waals surface area contributed by atoms with Crippen LogP contribution >= 0.6 is 0 Å². The molecule has 0 aliphatic carbocycles. The first-order chi connectivity index (χ1) is 38.0. The lowest BCUT2D eigenvalue weighted by Gasteiger charge is -2.18. The van der Waals surface area contributed by atoms with Gasteiger partial charge in [-0.25, -0.2) is 0 Å². The van der Waals surface area contributed by atoms with Gasteiger partial charge in [-0.2, -0.15) is 0 Å². The second-order valence-corrected chi connectivity index (χ2v) is 22.0. The molecule has 0 aromatic carbocycles. The number of unbranched alkanes of at least 4 members (excludes halogenated alkanes) is 35. The van der Waals surface area contributed by atoms with Crippen molar-refractivity contribution in [2.45, 2.75) is 335 Å². The molecule has 0 saturated carbocycles. The summed E-state index contributed by atoms with van der Waals surface area (Å²) >= 11 is 0. The summed E-state index contributed by atoms with van der Waals surface area (Å²) in [4.78, 5) is 38.1. The van der Waals surface area contributed by atoms with E-state index >= 15 is 0 Å². The van der Waals surface area contributed by atoms with Gasteiger partial charge >= 0.3 is 17.9 Å². The molecule has 1 atom stereocenters. The average Bonchev–Trinajstić information content (AvgIpc) is 3.43. The predicted molar refractivity (Wildman–Crippen MR) is 334 cm³/mol. The van der Waals surface area contributed by atoms with Crippen molar-refractivity contribution in [3.8, 4) is 0 Å². The van der Waals surface area contributed by atoms with Crippen LogP contribution in [0.5, 0.6) is 0 Å². The highest BCUT2D eigenvalue weighted by Gasteiger charge is 2.19. The van der Waals surface area contributed by atoms with E-state index in [1.54, 1.807) is 0 Å². The number of ether oxygens (including phenoxy) is 3. The van der Waals surface area contributed by atoms with E-state index in [1.165, 1.54) is 167 Å². The summed E-state index contributed by atoms with van der Waals surface area (Å²) in [7, 11) is 0. The van der Waals surface area contributed by atoms with Gasteiger partial charge in [-0.1, -0.05) is 292 Å². The van der Waals surface area contributed by atoms with Gasteiger partial charge < -0.3 is 14.2 Å². The molecule has 0 amide bonds. The quantitative estimate of drug-likeness (QED) is 0.0261. The smallest absolute Gasteiger partial charge is 0.306 e. The van der Waals surface area contributed by atoms with Crippen molar-refractivity contribution in [2.24, 2.45) is 0 Å². The Morgan fingerprint density at radius 3 is 0.857 bits per heavy atom. The van der Waals surface area contributed by atoms with Crippen LogP contribution in [0.25, 0.3) is 0 Å².